The van der Waals surface area contributed by atoms with Gasteiger partial charge in [0.1, 0.15) is 35.6 Å². The molecule has 278 valence electrons. The van der Waals surface area contributed by atoms with Gasteiger partial charge in [-0.05, 0) is 24.3 Å². The van der Waals surface area contributed by atoms with Gasteiger partial charge in [-0.2, -0.15) is 4.98 Å². The monoisotopic (exact) mass is 725 g/mol. The molecule has 3 heterocycles. The van der Waals surface area contributed by atoms with E-state index >= 15 is 0 Å². The molecule has 0 bridgehead atoms. The van der Waals surface area contributed by atoms with Crippen molar-refractivity contribution < 1.29 is 33.6 Å². The van der Waals surface area contributed by atoms with E-state index in [1.807, 2.05) is 93.0 Å². The van der Waals surface area contributed by atoms with Crippen LogP contribution in [0.4, 0.5) is 5.95 Å². The van der Waals surface area contributed by atoms with E-state index in [4.69, 9.17) is 29.4 Å². The van der Waals surface area contributed by atoms with Crippen molar-refractivity contribution in [2.24, 2.45) is 0 Å². The van der Waals surface area contributed by atoms with Gasteiger partial charge in [-0.1, -0.05) is 54.6 Å². The number of aromatic amines is 1. The number of nitrogens with one attached hydrogen (secondary N) is 2. The van der Waals surface area contributed by atoms with Crippen LogP contribution in [0.1, 0.15) is 29.3 Å². The smallest absolute Gasteiger partial charge is 0.280 e. The third-order valence-electron chi connectivity index (χ3n) is 8.97. The van der Waals surface area contributed by atoms with E-state index < -0.39 is 35.7 Å². The van der Waals surface area contributed by atoms with Gasteiger partial charge >= 0.3 is 0 Å². The standard InChI is InChI=1S/C38H43N7O8/c1-40-29(46)19-20-51-33-31(47)32(52-36(33)45-22-41-30-34(45)42-37(39)43-35(30)48)28(21-44(2)3)53-38(23-9-7-6-8-10-23,24-11-15-26(49-4)16-12-24)25-13-17-27(50-5)18-14-25/h6-18,21-22,31-33,36,47H,19-20H2,1-5H3,(H,40,46)(H3,39,42,43,48)/t31-,32-,33-,36-/m1/s1. The molecule has 0 radical (unpaired) electrons. The number of imidazole rings is 1. The number of nitrogens with two attached hydrogens (primary N) is 1. The number of ether oxygens (including phenoxy) is 5. The van der Waals surface area contributed by atoms with Crippen molar-refractivity contribution in [2.75, 3.05) is 47.7 Å². The largest absolute Gasteiger partial charge is 0.497 e. The van der Waals surface area contributed by atoms with Crippen LogP contribution in [0.15, 0.2) is 102 Å². The van der Waals surface area contributed by atoms with E-state index in [1.165, 1.54) is 17.9 Å². The van der Waals surface area contributed by atoms with Gasteiger partial charge < -0.3 is 44.7 Å². The van der Waals surface area contributed by atoms with Gasteiger partial charge in [0, 0.05) is 50.5 Å². The third kappa shape index (κ3) is 7.40. The van der Waals surface area contributed by atoms with E-state index in [0.717, 1.165) is 16.7 Å². The predicted molar refractivity (Wildman–Crippen MR) is 196 cm³/mol. The molecule has 1 fully saturated rings. The Hall–Kier alpha value is -5.90. The maximum atomic E-state index is 12.7. The molecule has 0 aliphatic carbocycles. The van der Waals surface area contributed by atoms with Gasteiger partial charge in [0.25, 0.3) is 5.56 Å². The van der Waals surface area contributed by atoms with Crippen molar-refractivity contribution in [2.45, 2.75) is 36.6 Å². The second-order valence-electron chi connectivity index (χ2n) is 12.6. The molecule has 2 aromatic heterocycles. The molecule has 6 rings (SSSR count). The van der Waals surface area contributed by atoms with Gasteiger partial charge in [0.15, 0.2) is 23.0 Å². The second-order valence-corrected chi connectivity index (χ2v) is 12.6. The zero-order valence-corrected chi connectivity index (χ0v) is 30.1. The van der Waals surface area contributed by atoms with Crippen molar-refractivity contribution in [1.29, 1.82) is 0 Å². The van der Waals surface area contributed by atoms with E-state index in [2.05, 4.69) is 20.3 Å². The van der Waals surface area contributed by atoms with Crippen LogP contribution in [0.5, 0.6) is 11.5 Å². The molecule has 15 nitrogen and oxygen atoms in total. The number of carbonyl (C=O) groups excluding carboxylic acids is 1. The van der Waals surface area contributed by atoms with Crippen LogP contribution < -0.4 is 26.1 Å². The Balaban J connectivity index is 1.51. The average Bonchev–Trinajstić information content (AvgIpc) is 3.74. The summed E-state index contributed by atoms with van der Waals surface area (Å²) in [6, 6.07) is 24.8. The number of nitrogen functional groups attached to an aromatic ring is 1. The number of aliphatic hydroxyl groups excluding tert-OH is 1. The number of nitrogens with zero attached hydrogens (tertiary/aromatic N) is 4. The van der Waals surface area contributed by atoms with Gasteiger partial charge in [-0.15, -0.1) is 0 Å². The highest BCUT2D eigenvalue weighted by Gasteiger charge is 2.51. The lowest BCUT2D eigenvalue weighted by molar-refractivity contribution is -0.123. The van der Waals surface area contributed by atoms with Crippen molar-refractivity contribution in [1.82, 2.24) is 29.7 Å². The van der Waals surface area contributed by atoms with Crippen LogP contribution in [-0.2, 0) is 24.6 Å². The maximum Gasteiger partial charge on any atom is 0.280 e. The van der Waals surface area contributed by atoms with Crippen molar-refractivity contribution in [3.05, 3.63) is 124 Å². The van der Waals surface area contributed by atoms with Crippen molar-refractivity contribution >= 4 is 23.0 Å². The Kier molecular flexibility index (Phi) is 11.0. The number of rotatable bonds is 14. The Labute approximate surface area is 305 Å². The molecular weight excluding hydrogens is 682 g/mol. The van der Waals surface area contributed by atoms with Crippen LogP contribution >= 0.6 is 0 Å². The van der Waals surface area contributed by atoms with E-state index in [9.17, 15) is 14.7 Å². The Morgan fingerprint density at radius 3 is 2.19 bits per heavy atom. The third-order valence-corrected chi connectivity index (χ3v) is 8.97. The SMILES string of the molecule is CNC(=O)CCO[C@@H]1[C@H](O)[C@@H](C(=CN(C)C)OC(c2ccccc2)(c2ccc(OC)cc2)c2ccc(OC)cc2)O[C@H]1n1cnc2c(=O)[nH]c(N)nc21. The fraction of sp³-hybridized carbons (Fsp3) is 0.316. The van der Waals surface area contributed by atoms with Crippen LogP contribution in [0.25, 0.3) is 11.2 Å². The number of benzene rings is 3. The summed E-state index contributed by atoms with van der Waals surface area (Å²) in [6.45, 7) is -0.0456. The highest BCUT2D eigenvalue weighted by Crippen LogP contribution is 2.46. The van der Waals surface area contributed by atoms with E-state index in [0.29, 0.717) is 11.5 Å². The zero-order chi connectivity index (χ0) is 37.7. The van der Waals surface area contributed by atoms with E-state index in [1.54, 1.807) is 25.3 Å². The zero-order valence-electron chi connectivity index (χ0n) is 30.1. The lowest BCUT2D eigenvalue weighted by Gasteiger charge is -2.39. The molecule has 5 aromatic rings. The average molecular weight is 726 g/mol. The first-order valence-corrected chi connectivity index (χ1v) is 16.9. The summed E-state index contributed by atoms with van der Waals surface area (Å²) < 4.78 is 32.7. The molecule has 0 unspecified atom stereocenters. The topological polar surface area (TPSA) is 188 Å². The molecule has 0 spiro atoms. The predicted octanol–water partition coefficient (Wildman–Crippen LogP) is 2.91. The second kappa shape index (κ2) is 15.8. The number of methoxy groups -OCH3 is 2. The van der Waals surface area contributed by atoms with Crippen molar-refractivity contribution in [3.63, 3.8) is 0 Å². The minimum atomic E-state index is -1.35. The molecule has 53 heavy (non-hydrogen) atoms. The molecule has 4 atom stereocenters. The number of aliphatic hydroxyl groups is 1. The summed E-state index contributed by atoms with van der Waals surface area (Å²) in [6.07, 6.45) is -1.53. The molecule has 0 saturated carbocycles. The Morgan fingerprint density at radius 2 is 1.62 bits per heavy atom. The molecule has 1 aliphatic rings. The lowest BCUT2D eigenvalue weighted by Crippen LogP contribution is -2.40. The highest BCUT2D eigenvalue weighted by atomic mass is 16.6. The summed E-state index contributed by atoms with van der Waals surface area (Å²) in [5.41, 5.74) is 6.49. The normalized spacial score (nSPS) is 18.9. The number of aromatic nitrogens is 4. The first-order chi connectivity index (χ1) is 25.6. The van der Waals surface area contributed by atoms with Gasteiger partial charge in [0.05, 0.1) is 27.2 Å². The molecule has 1 amide bonds. The number of amides is 1. The van der Waals surface area contributed by atoms with Crippen LogP contribution in [0.3, 0.4) is 0 Å². The Morgan fingerprint density at radius 1 is 1.02 bits per heavy atom. The molecule has 15 heteroatoms. The summed E-state index contributed by atoms with van der Waals surface area (Å²) in [4.78, 5) is 37.7. The first-order valence-electron chi connectivity index (χ1n) is 16.9. The summed E-state index contributed by atoms with van der Waals surface area (Å²) in [5, 5.41) is 14.8. The quantitative estimate of drug-likeness (QED) is 0.0970. The highest BCUT2D eigenvalue weighted by molar-refractivity contribution is 5.75. The van der Waals surface area contributed by atoms with Crippen molar-refractivity contribution in [3.8, 4) is 11.5 Å². The number of hydrogen-bond acceptors (Lipinski definition) is 12. The molecule has 5 N–H and O–H groups in total. The van der Waals surface area contributed by atoms with Gasteiger partial charge in [0.2, 0.25) is 11.9 Å². The van der Waals surface area contributed by atoms with Crippen LogP contribution in [0.2, 0.25) is 0 Å². The number of anilines is 1. The van der Waals surface area contributed by atoms with E-state index in [-0.39, 0.29) is 41.8 Å². The van der Waals surface area contributed by atoms with Crippen LogP contribution in [-0.4, -0.2) is 95.7 Å². The number of fused-ring (bicyclic) bond motifs is 1. The minimum absolute atomic E-state index is 0.0206. The summed E-state index contributed by atoms with van der Waals surface area (Å²) in [5.74, 6) is 1.19. The molecule has 1 aliphatic heterocycles. The van der Waals surface area contributed by atoms with Gasteiger partial charge in [-0.25, -0.2) is 4.98 Å². The van der Waals surface area contributed by atoms with Crippen LogP contribution in [0, 0.1) is 0 Å². The lowest BCUT2D eigenvalue weighted by atomic mass is 9.79. The summed E-state index contributed by atoms with van der Waals surface area (Å²) in [7, 11) is 8.38. The number of hydrogen-bond donors (Lipinski definition) is 4. The fourth-order valence-electron chi connectivity index (χ4n) is 6.42. The first kappa shape index (κ1) is 36.9. The van der Waals surface area contributed by atoms with Gasteiger partial charge in [-0.3, -0.25) is 19.1 Å². The molecule has 3 aromatic carbocycles. The minimum Gasteiger partial charge on any atom is -0.497 e. The molecular formula is C38H43N7O8. The summed E-state index contributed by atoms with van der Waals surface area (Å²) >= 11 is 0. The Bertz CT molecular complexity index is 2050. The molecule has 1 saturated heterocycles. The number of H-pyrrole nitrogens is 1. The fourth-order valence-corrected chi connectivity index (χ4v) is 6.42. The number of carbonyl (C=O) groups is 1. The maximum absolute atomic E-state index is 12.7.